The molecular formula is C18H24N4O. The monoisotopic (exact) mass is 312 g/mol. The zero-order valence-electron chi connectivity index (χ0n) is 13.8. The fraction of sp³-hybridized carbons (Fsp3) is 0.444. The first-order chi connectivity index (χ1) is 11.3. The predicted octanol–water partition coefficient (Wildman–Crippen LogP) is 3.26. The molecule has 0 bridgehead atoms. The van der Waals surface area contributed by atoms with Crippen LogP contribution in [0.1, 0.15) is 31.4 Å². The minimum absolute atomic E-state index is 0.166. The second-order valence-corrected chi connectivity index (χ2v) is 5.96. The van der Waals surface area contributed by atoms with Gasteiger partial charge in [0, 0.05) is 19.9 Å². The number of nitrogens with one attached hydrogen (secondary N) is 1. The fourth-order valence-electron chi connectivity index (χ4n) is 3.10. The Hall–Kier alpha value is -2.14. The molecule has 122 valence electrons. The first-order valence-corrected chi connectivity index (χ1v) is 8.18. The van der Waals surface area contributed by atoms with Gasteiger partial charge in [-0.05, 0) is 31.4 Å². The first kappa shape index (κ1) is 15.7. The number of hydrogen-bond acceptors (Lipinski definition) is 5. The number of aromatic nitrogens is 2. The van der Waals surface area contributed by atoms with Crippen LogP contribution in [0.25, 0.3) is 0 Å². The summed E-state index contributed by atoms with van der Waals surface area (Å²) in [6, 6.07) is 12.9. The number of ether oxygens (including phenoxy) is 1. The smallest absolute Gasteiger partial charge is 0.225 e. The summed E-state index contributed by atoms with van der Waals surface area (Å²) in [5, 5.41) is 3.39. The Bertz CT molecular complexity index is 619. The van der Waals surface area contributed by atoms with Crippen molar-refractivity contribution in [2.24, 2.45) is 0 Å². The number of nitrogens with zero attached hydrogens (tertiary/aromatic N) is 3. The lowest BCUT2D eigenvalue weighted by Crippen LogP contribution is -2.33. The van der Waals surface area contributed by atoms with Crippen molar-refractivity contribution >= 4 is 11.8 Å². The van der Waals surface area contributed by atoms with Crippen LogP contribution < -0.4 is 10.2 Å². The summed E-state index contributed by atoms with van der Waals surface area (Å²) in [6.45, 7) is 3.89. The molecule has 0 aliphatic carbocycles. The summed E-state index contributed by atoms with van der Waals surface area (Å²) >= 11 is 0. The number of anilines is 2. The molecule has 2 atom stereocenters. The molecule has 5 heteroatoms. The third-order valence-electron chi connectivity index (χ3n) is 4.32. The van der Waals surface area contributed by atoms with Crippen LogP contribution in [0.3, 0.4) is 0 Å². The summed E-state index contributed by atoms with van der Waals surface area (Å²) in [4.78, 5) is 11.4. The highest BCUT2D eigenvalue weighted by molar-refractivity contribution is 5.45. The zero-order valence-corrected chi connectivity index (χ0v) is 13.8. The van der Waals surface area contributed by atoms with Crippen LogP contribution in [0.4, 0.5) is 11.8 Å². The Morgan fingerprint density at radius 1 is 1.30 bits per heavy atom. The van der Waals surface area contributed by atoms with E-state index >= 15 is 0 Å². The van der Waals surface area contributed by atoms with Crippen LogP contribution in [-0.4, -0.2) is 36.3 Å². The summed E-state index contributed by atoms with van der Waals surface area (Å²) in [5.74, 6) is 1.64. The van der Waals surface area contributed by atoms with E-state index in [-0.39, 0.29) is 6.04 Å². The highest BCUT2D eigenvalue weighted by Gasteiger charge is 2.25. The van der Waals surface area contributed by atoms with Crippen molar-refractivity contribution in [2.45, 2.75) is 31.8 Å². The quantitative estimate of drug-likeness (QED) is 0.887. The van der Waals surface area contributed by atoms with Gasteiger partial charge in [0.05, 0.1) is 18.7 Å². The lowest BCUT2D eigenvalue weighted by atomic mass is 10.1. The van der Waals surface area contributed by atoms with Crippen molar-refractivity contribution in [2.75, 3.05) is 30.5 Å². The SMILES string of the molecule is COC[C@@H]1CCCN1c1ccnc(N[C@@H](C)c2ccccc2)n1. The highest BCUT2D eigenvalue weighted by atomic mass is 16.5. The standard InChI is InChI=1S/C18H24N4O/c1-14(15-7-4-3-5-8-15)20-18-19-11-10-17(21-18)22-12-6-9-16(22)13-23-2/h3-5,7-8,10-11,14,16H,6,9,12-13H2,1-2H3,(H,19,20,21)/t14-,16-/m0/s1. The second kappa shape index (κ2) is 7.42. The van der Waals surface area contributed by atoms with Gasteiger partial charge in [0.2, 0.25) is 5.95 Å². The van der Waals surface area contributed by atoms with E-state index in [1.807, 2.05) is 30.5 Å². The average Bonchev–Trinajstić information content (AvgIpc) is 3.04. The molecule has 0 radical (unpaired) electrons. The molecule has 1 aromatic carbocycles. The van der Waals surface area contributed by atoms with Gasteiger partial charge in [-0.25, -0.2) is 4.98 Å². The van der Waals surface area contributed by atoms with Gasteiger partial charge in [-0.3, -0.25) is 0 Å². The van der Waals surface area contributed by atoms with Crippen molar-refractivity contribution in [3.05, 3.63) is 48.2 Å². The minimum Gasteiger partial charge on any atom is -0.383 e. The molecule has 1 fully saturated rings. The summed E-state index contributed by atoms with van der Waals surface area (Å²) in [5.41, 5.74) is 1.22. The van der Waals surface area contributed by atoms with Crippen molar-refractivity contribution in [3.8, 4) is 0 Å². The molecule has 1 saturated heterocycles. The normalized spacial score (nSPS) is 18.9. The molecule has 2 aromatic rings. The molecule has 1 aliphatic heterocycles. The molecule has 1 N–H and O–H groups in total. The highest BCUT2D eigenvalue weighted by Crippen LogP contribution is 2.25. The van der Waals surface area contributed by atoms with Crippen LogP contribution in [0.15, 0.2) is 42.6 Å². The molecule has 2 heterocycles. The maximum atomic E-state index is 5.33. The third-order valence-corrected chi connectivity index (χ3v) is 4.32. The number of hydrogen-bond donors (Lipinski definition) is 1. The zero-order chi connectivity index (χ0) is 16.1. The maximum Gasteiger partial charge on any atom is 0.225 e. The van der Waals surface area contributed by atoms with Gasteiger partial charge in [0.15, 0.2) is 0 Å². The lowest BCUT2D eigenvalue weighted by molar-refractivity contribution is 0.180. The van der Waals surface area contributed by atoms with E-state index in [0.717, 1.165) is 25.4 Å². The number of benzene rings is 1. The van der Waals surface area contributed by atoms with Crippen molar-refractivity contribution in [1.29, 1.82) is 0 Å². The van der Waals surface area contributed by atoms with Crippen molar-refractivity contribution in [1.82, 2.24) is 9.97 Å². The molecule has 3 rings (SSSR count). The third kappa shape index (κ3) is 3.79. The molecule has 1 aromatic heterocycles. The Morgan fingerprint density at radius 2 is 2.13 bits per heavy atom. The molecule has 23 heavy (non-hydrogen) atoms. The Kier molecular flexibility index (Phi) is 5.08. The topological polar surface area (TPSA) is 50.3 Å². The summed E-state index contributed by atoms with van der Waals surface area (Å²) in [7, 11) is 1.75. The van der Waals surface area contributed by atoms with E-state index in [2.05, 4.69) is 34.3 Å². The van der Waals surface area contributed by atoms with E-state index in [4.69, 9.17) is 9.72 Å². The second-order valence-electron chi connectivity index (χ2n) is 5.96. The van der Waals surface area contributed by atoms with Gasteiger partial charge in [-0.1, -0.05) is 30.3 Å². The van der Waals surface area contributed by atoms with E-state index in [9.17, 15) is 0 Å². The lowest BCUT2D eigenvalue weighted by Gasteiger charge is -2.25. The van der Waals surface area contributed by atoms with E-state index in [1.54, 1.807) is 7.11 Å². The maximum absolute atomic E-state index is 5.33. The molecule has 0 amide bonds. The molecule has 0 saturated carbocycles. The minimum atomic E-state index is 0.166. The van der Waals surface area contributed by atoms with Crippen molar-refractivity contribution in [3.63, 3.8) is 0 Å². The van der Waals surface area contributed by atoms with Gasteiger partial charge < -0.3 is 15.0 Å². The molecular weight excluding hydrogens is 288 g/mol. The van der Waals surface area contributed by atoms with E-state index < -0.39 is 0 Å². The Balaban J connectivity index is 1.72. The number of methoxy groups -OCH3 is 1. The average molecular weight is 312 g/mol. The van der Waals surface area contributed by atoms with E-state index in [1.165, 1.54) is 12.0 Å². The van der Waals surface area contributed by atoms with Crippen LogP contribution in [0, 0.1) is 0 Å². The number of rotatable bonds is 6. The summed E-state index contributed by atoms with van der Waals surface area (Å²) in [6.07, 6.45) is 4.16. The Morgan fingerprint density at radius 3 is 2.91 bits per heavy atom. The molecule has 0 unspecified atom stereocenters. The van der Waals surface area contributed by atoms with Gasteiger partial charge in [-0.15, -0.1) is 0 Å². The van der Waals surface area contributed by atoms with Crippen LogP contribution >= 0.6 is 0 Å². The largest absolute Gasteiger partial charge is 0.383 e. The van der Waals surface area contributed by atoms with Crippen LogP contribution in [-0.2, 0) is 4.74 Å². The van der Waals surface area contributed by atoms with Gasteiger partial charge in [-0.2, -0.15) is 4.98 Å². The van der Waals surface area contributed by atoms with Gasteiger partial charge >= 0.3 is 0 Å². The van der Waals surface area contributed by atoms with E-state index in [0.29, 0.717) is 12.0 Å². The predicted molar refractivity (Wildman–Crippen MR) is 92.8 cm³/mol. The fourth-order valence-corrected chi connectivity index (χ4v) is 3.10. The molecule has 0 spiro atoms. The van der Waals surface area contributed by atoms with Crippen LogP contribution in [0.5, 0.6) is 0 Å². The molecule has 1 aliphatic rings. The van der Waals surface area contributed by atoms with Crippen molar-refractivity contribution < 1.29 is 4.74 Å². The molecule has 5 nitrogen and oxygen atoms in total. The first-order valence-electron chi connectivity index (χ1n) is 8.18. The van der Waals surface area contributed by atoms with Gasteiger partial charge in [0.1, 0.15) is 5.82 Å². The Labute approximate surface area is 137 Å². The summed E-state index contributed by atoms with van der Waals surface area (Å²) < 4.78 is 5.33. The van der Waals surface area contributed by atoms with Gasteiger partial charge in [0.25, 0.3) is 0 Å². The van der Waals surface area contributed by atoms with Crippen LogP contribution in [0.2, 0.25) is 0 Å².